The molecule has 1 saturated heterocycles. The molecule has 3 heterocycles. The average molecular weight is 548 g/mol. The van der Waals surface area contributed by atoms with Gasteiger partial charge in [0.05, 0.1) is 11.9 Å². The van der Waals surface area contributed by atoms with Gasteiger partial charge in [0.15, 0.2) is 5.82 Å². The second-order valence-corrected chi connectivity index (χ2v) is 10.3. The summed E-state index contributed by atoms with van der Waals surface area (Å²) in [5.41, 5.74) is 3.86. The molecule has 0 radical (unpaired) electrons. The van der Waals surface area contributed by atoms with Crippen molar-refractivity contribution in [3.63, 3.8) is 0 Å². The van der Waals surface area contributed by atoms with E-state index in [9.17, 15) is 14.0 Å². The average Bonchev–Trinajstić information content (AvgIpc) is 3.52. The smallest absolute Gasteiger partial charge is 0.253 e. The molecule has 2 aromatic heterocycles. The van der Waals surface area contributed by atoms with Crippen LogP contribution in [0.2, 0.25) is 0 Å². The minimum atomic E-state index is -0.293. The number of rotatable bonds is 7. The molecule has 2 amide bonds. The molecule has 0 saturated carbocycles. The Kier molecular flexibility index (Phi) is 7.54. The van der Waals surface area contributed by atoms with Crippen LogP contribution in [-0.2, 0) is 6.42 Å². The molecule has 0 unspecified atom stereocenters. The fourth-order valence-electron chi connectivity index (χ4n) is 5.20. The number of benzene rings is 3. The summed E-state index contributed by atoms with van der Waals surface area (Å²) >= 11 is 0. The van der Waals surface area contributed by atoms with E-state index in [1.807, 2.05) is 47.5 Å². The molecular weight excluding hydrogens is 517 g/mol. The second-order valence-electron chi connectivity index (χ2n) is 10.3. The van der Waals surface area contributed by atoms with E-state index >= 15 is 0 Å². The van der Waals surface area contributed by atoms with Crippen LogP contribution in [0, 0.1) is 5.82 Å². The maximum atomic E-state index is 13.5. The van der Waals surface area contributed by atoms with Crippen molar-refractivity contribution >= 4 is 22.6 Å². The van der Waals surface area contributed by atoms with Crippen LogP contribution >= 0.6 is 0 Å². The van der Waals surface area contributed by atoms with Crippen molar-refractivity contribution in [2.45, 2.75) is 25.7 Å². The molecule has 0 spiro atoms. The third-order valence-corrected chi connectivity index (χ3v) is 7.46. The van der Waals surface area contributed by atoms with Gasteiger partial charge in [-0.15, -0.1) is 0 Å². The van der Waals surface area contributed by atoms with Crippen molar-refractivity contribution in [3.05, 3.63) is 108 Å². The van der Waals surface area contributed by atoms with E-state index < -0.39 is 0 Å². The number of aromatic amines is 1. The summed E-state index contributed by atoms with van der Waals surface area (Å²) < 4.78 is 13.2. The first-order chi connectivity index (χ1) is 20.0. The van der Waals surface area contributed by atoms with Crippen LogP contribution in [0.1, 0.15) is 45.5 Å². The summed E-state index contributed by atoms with van der Waals surface area (Å²) in [6.45, 7) is 1.81. The van der Waals surface area contributed by atoms with E-state index in [0.717, 1.165) is 35.6 Å². The van der Waals surface area contributed by atoms with Gasteiger partial charge in [-0.2, -0.15) is 0 Å². The van der Waals surface area contributed by atoms with Gasteiger partial charge in [0.2, 0.25) is 0 Å². The molecule has 1 fully saturated rings. The summed E-state index contributed by atoms with van der Waals surface area (Å²) in [6, 6.07) is 21.5. The van der Waals surface area contributed by atoms with Gasteiger partial charge in [0, 0.05) is 47.9 Å². The molecular formula is C33H30FN5O2. The van der Waals surface area contributed by atoms with E-state index in [1.54, 1.807) is 30.5 Å². The zero-order valence-electron chi connectivity index (χ0n) is 22.6. The third-order valence-electron chi connectivity index (χ3n) is 7.46. The van der Waals surface area contributed by atoms with E-state index in [0.29, 0.717) is 60.0 Å². The summed E-state index contributed by atoms with van der Waals surface area (Å²) in [6.07, 6.45) is 7.15. The highest BCUT2D eigenvalue weighted by Gasteiger charge is 2.21. The standard InChI is InChI=1S/C33H30FN5O2/c34-28-10-8-22(9-11-28)12-13-35-32(40)26-16-25(17-27(18-26)33(41)39-14-4-1-5-15-39)30-21-37-31(38-30)29-19-23-6-2-3-7-24(23)20-36-29/h2-3,6-11,16-21H,1,4-5,12-15H2,(H,35,40)(H,37,38). The molecule has 8 heteroatoms. The highest BCUT2D eigenvalue weighted by atomic mass is 19.1. The lowest BCUT2D eigenvalue weighted by Gasteiger charge is -2.27. The van der Waals surface area contributed by atoms with E-state index in [2.05, 4.69) is 20.3 Å². The Morgan fingerprint density at radius 3 is 2.41 bits per heavy atom. The summed E-state index contributed by atoms with van der Waals surface area (Å²) in [4.78, 5) is 41.0. The highest BCUT2D eigenvalue weighted by molar-refractivity contribution is 6.01. The first-order valence-electron chi connectivity index (χ1n) is 13.9. The molecule has 1 aliphatic rings. The second kappa shape index (κ2) is 11.7. The normalized spacial score (nSPS) is 13.3. The number of carbonyl (C=O) groups is 2. The molecule has 1 aliphatic heterocycles. The van der Waals surface area contributed by atoms with Gasteiger partial charge in [-0.05, 0) is 73.0 Å². The van der Waals surface area contributed by atoms with Crippen LogP contribution in [0.5, 0.6) is 0 Å². The van der Waals surface area contributed by atoms with Crippen LogP contribution in [0.25, 0.3) is 33.5 Å². The van der Waals surface area contributed by atoms with Crippen LogP contribution in [0.3, 0.4) is 0 Å². The maximum absolute atomic E-state index is 13.5. The number of hydrogen-bond acceptors (Lipinski definition) is 4. The van der Waals surface area contributed by atoms with Crippen molar-refractivity contribution in [3.8, 4) is 22.8 Å². The van der Waals surface area contributed by atoms with Gasteiger partial charge in [0.1, 0.15) is 11.5 Å². The van der Waals surface area contributed by atoms with E-state index in [4.69, 9.17) is 0 Å². The Labute approximate surface area is 237 Å². The third kappa shape index (κ3) is 6.01. The number of likely N-dealkylation sites (tertiary alicyclic amines) is 1. The molecule has 2 N–H and O–H groups in total. The Bertz CT molecular complexity index is 1710. The van der Waals surface area contributed by atoms with Gasteiger partial charge in [-0.1, -0.05) is 36.4 Å². The number of aromatic nitrogens is 3. The minimum Gasteiger partial charge on any atom is -0.352 e. The number of nitrogens with zero attached hydrogens (tertiary/aromatic N) is 3. The largest absolute Gasteiger partial charge is 0.352 e. The van der Waals surface area contributed by atoms with Crippen molar-refractivity contribution in [1.29, 1.82) is 0 Å². The number of halogens is 1. The lowest BCUT2D eigenvalue weighted by Crippen LogP contribution is -2.35. The number of fused-ring (bicyclic) bond motifs is 1. The Hall–Kier alpha value is -4.85. The lowest BCUT2D eigenvalue weighted by molar-refractivity contribution is 0.0724. The summed E-state index contributed by atoms with van der Waals surface area (Å²) in [5, 5.41) is 5.04. The Morgan fingerprint density at radius 1 is 0.854 bits per heavy atom. The van der Waals surface area contributed by atoms with Gasteiger partial charge in [0.25, 0.3) is 11.8 Å². The van der Waals surface area contributed by atoms with Crippen LogP contribution in [-0.4, -0.2) is 51.3 Å². The van der Waals surface area contributed by atoms with Gasteiger partial charge >= 0.3 is 0 Å². The Morgan fingerprint density at radius 2 is 1.61 bits per heavy atom. The first-order valence-corrected chi connectivity index (χ1v) is 13.9. The molecule has 6 rings (SSSR count). The molecule has 206 valence electrons. The van der Waals surface area contributed by atoms with Crippen LogP contribution < -0.4 is 5.32 Å². The lowest BCUT2D eigenvalue weighted by atomic mass is 10.0. The van der Waals surface area contributed by atoms with Gasteiger partial charge < -0.3 is 15.2 Å². The van der Waals surface area contributed by atoms with Crippen molar-refractivity contribution in [1.82, 2.24) is 25.2 Å². The van der Waals surface area contributed by atoms with Crippen molar-refractivity contribution in [2.75, 3.05) is 19.6 Å². The number of imidazole rings is 1. The fraction of sp³-hybridized carbons (Fsp3) is 0.212. The number of carbonyl (C=O) groups excluding carboxylic acids is 2. The van der Waals surface area contributed by atoms with Crippen molar-refractivity contribution in [2.24, 2.45) is 0 Å². The van der Waals surface area contributed by atoms with Crippen molar-refractivity contribution < 1.29 is 14.0 Å². The highest BCUT2D eigenvalue weighted by Crippen LogP contribution is 2.26. The fourth-order valence-corrected chi connectivity index (χ4v) is 5.20. The monoisotopic (exact) mass is 547 g/mol. The zero-order chi connectivity index (χ0) is 28.2. The molecule has 0 bridgehead atoms. The minimum absolute atomic E-state index is 0.0807. The summed E-state index contributed by atoms with van der Waals surface area (Å²) in [5.74, 6) is -0.0527. The maximum Gasteiger partial charge on any atom is 0.253 e. The quantitative estimate of drug-likeness (QED) is 0.260. The number of H-pyrrole nitrogens is 1. The topological polar surface area (TPSA) is 91.0 Å². The summed E-state index contributed by atoms with van der Waals surface area (Å²) in [7, 11) is 0. The molecule has 7 nitrogen and oxygen atoms in total. The molecule has 5 aromatic rings. The molecule has 0 aliphatic carbocycles. The molecule has 0 atom stereocenters. The predicted molar refractivity (Wildman–Crippen MR) is 157 cm³/mol. The molecule has 41 heavy (non-hydrogen) atoms. The van der Waals surface area contributed by atoms with Crippen LogP contribution in [0.4, 0.5) is 4.39 Å². The number of hydrogen-bond donors (Lipinski definition) is 2. The van der Waals surface area contributed by atoms with E-state index in [1.165, 1.54) is 12.1 Å². The Balaban J connectivity index is 1.28. The number of nitrogens with one attached hydrogen (secondary N) is 2. The van der Waals surface area contributed by atoms with Gasteiger partial charge in [-0.3, -0.25) is 14.6 Å². The SMILES string of the molecule is O=C(NCCc1ccc(F)cc1)c1cc(C(=O)N2CCCCC2)cc(-c2cnc(-c3cc4ccccc4cn3)[nH]2)c1. The number of amides is 2. The van der Waals surface area contributed by atoms with Gasteiger partial charge in [-0.25, -0.2) is 9.37 Å². The number of piperidine rings is 1. The van der Waals surface area contributed by atoms with E-state index in [-0.39, 0.29) is 17.6 Å². The number of pyridine rings is 1. The molecule has 3 aromatic carbocycles. The van der Waals surface area contributed by atoms with Crippen LogP contribution in [0.15, 0.2) is 85.2 Å². The zero-order valence-corrected chi connectivity index (χ0v) is 22.6. The predicted octanol–water partition coefficient (Wildman–Crippen LogP) is 6.03. The first kappa shape index (κ1) is 26.4.